The quantitative estimate of drug-likeness (QED) is 0.648. The summed E-state index contributed by atoms with van der Waals surface area (Å²) in [7, 11) is -3.24. The van der Waals surface area contributed by atoms with Gasteiger partial charge in [0, 0.05) is 13.1 Å². The fourth-order valence-corrected chi connectivity index (χ4v) is 4.09. The van der Waals surface area contributed by atoms with Gasteiger partial charge in [-0.15, -0.1) is 10.2 Å². The highest BCUT2D eigenvalue weighted by atomic mass is 32.2. The summed E-state index contributed by atoms with van der Waals surface area (Å²) < 4.78 is 25.2. The molecule has 20 heavy (non-hydrogen) atoms. The number of thioether (sulfide) groups is 1. The highest BCUT2D eigenvalue weighted by Crippen LogP contribution is 2.25. The lowest BCUT2D eigenvalue weighted by Crippen LogP contribution is -2.43. The molecular formula is C10H16N4O3S3. The van der Waals surface area contributed by atoms with Gasteiger partial charge in [0.05, 0.1) is 12.2 Å². The van der Waals surface area contributed by atoms with E-state index in [4.69, 9.17) is 0 Å². The van der Waals surface area contributed by atoms with Crippen LogP contribution in [-0.4, -0.2) is 54.4 Å². The smallest absolute Gasteiger partial charge is 0.230 e. The maximum atomic E-state index is 12.1. The number of anilines is 1. The maximum Gasteiger partial charge on any atom is 0.230 e. The molecule has 0 bridgehead atoms. The summed E-state index contributed by atoms with van der Waals surface area (Å²) >= 11 is 2.77. The lowest BCUT2D eigenvalue weighted by Gasteiger charge is -2.29. The van der Waals surface area contributed by atoms with E-state index in [1.165, 1.54) is 33.7 Å². The molecule has 2 rings (SSSR count). The monoisotopic (exact) mass is 336 g/mol. The van der Waals surface area contributed by atoms with Crippen molar-refractivity contribution in [2.45, 2.75) is 17.2 Å². The molecule has 1 N–H and O–H groups in total. The minimum Gasteiger partial charge on any atom is -0.300 e. The van der Waals surface area contributed by atoms with E-state index in [1.807, 2.05) is 6.26 Å². The van der Waals surface area contributed by atoms with Crippen LogP contribution in [0, 0.1) is 5.92 Å². The number of piperidine rings is 1. The molecule has 1 aromatic heterocycles. The van der Waals surface area contributed by atoms with Crippen LogP contribution in [0.1, 0.15) is 12.8 Å². The van der Waals surface area contributed by atoms with Gasteiger partial charge < -0.3 is 5.32 Å². The molecule has 1 amide bonds. The topological polar surface area (TPSA) is 92.3 Å². The second-order valence-electron chi connectivity index (χ2n) is 4.53. The van der Waals surface area contributed by atoms with Crippen molar-refractivity contribution in [3.63, 3.8) is 0 Å². The third kappa shape index (κ3) is 3.90. The van der Waals surface area contributed by atoms with Gasteiger partial charge >= 0.3 is 0 Å². The van der Waals surface area contributed by atoms with Crippen LogP contribution in [0.3, 0.4) is 0 Å². The second-order valence-corrected chi connectivity index (χ2v) is 8.54. The number of sulfonamides is 1. The van der Waals surface area contributed by atoms with E-state index < -0.39 is 10.0 Å². The minimum absolute atomic E-state index is 0.192. The van der Waals surface area contributed by atoms with Crippen molar-refractivity contribution in [2.75, 3.05) is 30.9 Å². The van der Waals surface area contributed by atoms with E-state index >= 15 is 0 Å². The summed E-state index contributed by atoms with van der Waals surface area (Å²) in [5.41, 5.74) is 0. The van der Waals surface area contributed by atoms with Crippen molar-refractivity contribution < 1.29 is 13.2 Å². The first-order valence-corrected chi connectivity index (χ1v) is 9.92. The molecule has 0 spiro atoms. The largest absolute Gasteiger partial charge is 0.300 e. The standard InChI is InChI=1S/C10H16N4O3S3/c1-18-10-13-12-9(19-10)11-8(15)7-4-3-5-14(6-7)20(2,16)17/h7H,3-6H2,1-2H3,(H,11,12,15). The molecule has 112 valence electrons. The Labute approximate surface area is 126 Å². The van der Waals surface area contributed by atoms with E-state index in [2.05, 4.69) is 15.5 Å². The molecule has 0 aliphatic carbocycles. The number of carbonyl (C=O) groups is 1. The Morgan fingerprint density at radius 1 is 1.50 bits per heavy atom. The number of amides is 1. The molecule has 1 atom stereocenters. The van der Waals surface area contributed by atoms with Crippen LogP contribution in [0.5, 0.6) is 0 Å². The van der Waals surface area contributed by atoms with Crippen LogP contribution in [0.25, 0.3) is 0 Å². The Bertz CT molecular complexity index is 586. The average Bonchev–Trinajstić information content (AvgIpc) is 2.85. The molecule has 1 aliphatic heterocycles. The summed E-state index contributed by atoms with van der Waals surface area (Å²) in [6, 6.07) is 0. The van der Waals surface area contributed by atoms with Crippen LogP contribution in [0.4, 0.5) is 5.13 Å². The zero-order chi connectivity index (χ0) is 14.8. The molecule has 0 aromatic carbocycles. The van der Waals surface area contributed by atoms with Gasteiger partial charge in [-0.25, -0.2) is 12.7 Å². The van der Waals surface area contributed by atoms with Crippen molar-refractivity contribution in [3.8, 4) is 0 Å². The lowest BCUT2D eigenvalue weighted by molar-refractivity contribution is -0.120. The summed E-state index contributed by atoms with van der Waals surface area (Å²) in [5, 5.41) is 10.9. The molecule has 10 heteroatoms. The van der Waals surface area contributed by atoms with Crippen LogP contribution < -0.4 is 5.32 Å². The summed E-state index contributed by atoms with van der Waals surface area (Å²) in [5.74, 6) is -0.526. The zero-order valence-electron chi connectivity index (χ0n) is 11.2. The number of hydrogen-bond donors (Lipinski definition) is 1. The number of carbonyl (C=O) groups excluding carboxylic acids is 1. The van der Waals surface area contributed by atoms with Crippen molar-refractivity contribution in [3.05, 3.63) is 0 Å². The van der Waals surface area contributed by atoms with Crippen LogP contribution >= 0.6 is 23.1 Å². The highest BCUT2D eigenvalue weighted by Gasteiger charge is 2.30. The van der Waals surface area contributed by atoms with E-state index in [9.17, 15) is 13.2 Å². The van der Waals surface area contributed by atoms with Gasteiger partial charge in [-0.05, 0) is 19.1 Å². The Kier molecular flexibility index (Phi) is 4.99. The number of hydrogen-bond acceptors (Lipinski definition) is 7. The van der Waals surface area contributed by atoms with Crippen LogP contribution in [0.15, 0.2) is 4.34 Å². The normalized spacial score (nSPS) is 20.8. The Morgan fingerprint density at radius 3 is 2.85 bits per heavy atom. The maximum absolute atomic E-state index is 12.1. The Hall–Kier alpha value is -0.710. The van der Waals surface area contributed by atoms with Gasteiger partial charge in [0.1, 0.15) is 0 Å². The predicted molar refractivity (Wildman–Crippen MR) is 79.5 cm³/mol. The molecule has 7 nitrogen and oxygen atoms in total. The van der Waals surface area contributed by atoms with Gasteiger partial charge in [0.2, 0.25) is 21.1 Å². The molecular weight excluding hydrogens is 320 g/mol. The molecule has 1 saturated heterocycles. The third-order valence-corrected chi connectivity index (χ3v) is 6.12. The molecule has 1 unspecified atom stereocenters. The van der Waals surface area contributed by atoms with Gasteiger partial charge in [-0.1, -0.05) is 23.1 Å². The molecule has 1 aliphatic rings. The van der Waals surface area contributed by atoms with Gasteiger partial charge in [-0.2, -0.15) is 0 Å². The average molecular weight is 336 g/mol. The molecule has 2 heterocycles. The van der Waals surface area contributed by atoms with E-state index in [0.29, 0.717) is 24.5 Å². The predicted octanol–water partition coefficient (Wildman–Crippen LogP) is 0.870. The van der Waals surface area contributed by atoms with Crippen LogP contribution in [-0.2, 0) is 14.8 Å². The van der Waals surface area contributed by atoms with Crippen molar-refractivity contribution in [1.29, 1.82) is 0 Å². The lowest BCUT2D eigenvalue weighted by atomic mass is 9.99. The number of aromatic nitrogens is 2. The van der Waals surface area contributed by atoms with E-state index in [-0.39, 0.29) is 18.4 Å². The fourth-order valence-electron chi connectivity index (χ4n) is 2.01. The number of nitrogens with one attached hydrogen (secondary N) is 1. The van der Waals surface area contributed by atoms with Crippen molar-refractivity contribution >= 4 is 44.2 Å². The molecule has 1 fully saturated rings. The fraction of sp³-hybridized carbons (Fsp3) is 0.700. The van der Waals surface area contributed by atoms with E-state index in [0.717, 1.165) is 4.34 Å². The third-order valence-electron chi connectivity index (χ3n) is 3.04. The van der Waals surface area contributed by atoms with Gasteiger partial charge in [0.15, 0.2) is 4.34 Å². The van der Waals surface area contributed by atoms with Gasteiger partial charge in [-0.3, -0.25) is 4.79 Å². The number of rotatable bonds is 4. The Morgan fingerprint density at radius 2 is 2.25 bits per heavy atom. The summed E-state index contributed by atoms with van der Waals surface area (Å²) in [6.45, 7) is 0.719. The summed E-state index contributed by atoms with van der Waals surface area (Å²) in [4.78, 5) is 12.1. The summed E-state index contributed by atoms with van der Waals surface area (Å²) in [6.07, 6.45) is 4.43. The minimum atomic E-state index is -3.24. The molecule has 0 saturated carbocycles. The van der Waals surface area contributed by atoms with E-state index in [1.54, 1.807) is 0 Å². The first-order valence-electron chi connectivity index (χ1n) is 6.03. The zero-order valence-corrected chi connectivity index (χ0v) is 13.6. The molecule has 0 radical (unpaired) electrons. The molecule has 1 aromatic rings. The SMILES string of the molecule is CSc1nnc(NC(=O)C2CCCN(S(C)(=O)=O)C2)s1. The second kappa shape index (κ2) is 6.37. The highest BCUT2D eigenvalue weighted by molar-refractivity contribution is 8.00. The van der Waals surface area contributed by atoms with Gasteiger partial charge in [0.25, 0.3) is 0 Å². The van der Waals surface area contributed by atoms with Crippen molar-refractivity contribution in [2.24, 2.45) is 5.92 Å². The first kappa shape index (κ1) is 15.7. The van der Waals surface area contributed by atoms with Crippen LogP contribution in [0.2, 0.25) is 0 Å². The Balaban J connectivity index is 1.98. The first-order chi connectivity index (χ1) is 9.40. The van der Waals surface area contributed by atoms with Crippen molar-refractivity contribution in [1.82, 2.24) is 14.5 Å². The number of nitrogens with zero attached hydrogens (tertiary/aromatic N) is 3.